The second kappa shape index (κ2) is 8.15. The second-order valence-electron chi connectivity index (χ2n) is 8.90. The molecule has 3 fully saturated rings. The molecule has 170 valence electrons. The number of carbonyl (C=O) groups is 1. The molecule has 2 aromatic rings. The van der Waals surface area contributed by atoms with Crippen molar-refractivity contribution in [1.29, 1.82) is 5.26 Å². The highest BCUT2D eigenvalue weighted by Gasteiger charge is 2.62. The fourth-order valence-electron chi connectivity index (χ4n) is 5.30. The van der Waals surface area contributed by atoms with E-state index in [1.165, 1.54) is 17.4 Å². The Hall–Kier alpha value is -3.45. The van der Waals surface area contributed by atoms with Gasteiger partial charge in [-0.05, 0) is 43.2 Å². The van der Waals surface area contributed by atoms with Gasteiger partial charge in [0.2, 0.25) is 11.8 Å². The number of nitriles is 1. The van der Waals surface area contributed by atoms with E-state index in [0.29, 0.717) is 44.1 Å². The van der Waals surface area contributed by atoms with Crippen LogP contribution >= 0.6 is 0 Å². The molecule has 3 saturated carbocycles. The van der Waals surface area contributed by atoms with Gasteiger partial charge in [-0.2, -0.15) is 10.4 Å². The normalized spacial score (nSPS) is 27.3. The van der Waals surface area contributed by atoms with Crippen LogP contribution in [0.3, 0.4) is 0 Å². The van der Waals surface area contributed by atoms with E-state index in [1.54, 1.807) is 6.21 Å². The van der Waals surface area contributed by atoms with Gasteiger partial charge in [0, 0.05) is 23.8 Å². The molecule has 1 aromatic heterocycles. The first kappa shape index (κ1) is 21.4. The predicted octanol–water partition coefficient (Wildman–Crippen LogP) is 2.87. The molecule has 3 aliphatic carbocycles. The molecule has 4 aliphatic rings. The molecule has 8 nitrogen and oxygen atoms in total. The summed E-state index contributed by atoms with van der Waals surface area (Å²) >= 11 is 0. The SMILES string of the molecule is N#Cc1cnc(OC[C@H]2CC3(C(=O)N4N=CCC4c4cc(F)c(CO)cc4F)CC2C3)cn1. The van der Waals surface area contributed by atoms with Gasteiger partial charge < -0.3 is 9.84 Å². The summed E-state index contributed by atoms with van der Waals surface area (Å²) in [4.78, 5) is 21.4. The number of hydrogen-bond donors (Lipinski definition) is 1. The minimum absolute atomic E-state index is 0.0556. The summed E-state index contributed by atoms with van der Waals surface area (Å²) in [6, 6.07) is 3.21. The third kappa shape index (κ3) is 3.62. The fraction of sp³-hybridized carbons (Fsp3) is 0.435. The van der Waals surface area contributed by atoms with Gasteiger partial charge in [0.1, 0.15) is 17.7 Å². The highest BCUT2D eigenvalue weighted by molar-refractivity contribution is 5.86. The van der Waals surface area contributed by atoms with E-state index in [2.05, 4.69) is 15.1 Å². The van der Waals surface area contributed by atoms with Crippen LogP contribution in [0.2, 0.25) is 0 Å². The smallest absolute Gasteiger partial charge is 0.249 e. The van der Waals surface area contributed by atoms with Crippen molar-refractivity contribution in [2.45, 2.75) is 38.3 Å². The van der Waals surface area contributed by atoms with Gasteiger partial charge >= 0.3 is 0 Å². The Morgan fingerprint density at radius 1 is 1.24 bits per heavy atom. The largest absolute Gasteiger partial charge is 0.476 e. The molecule has 2 atom stereocenters. The molecule has 1 aliphatic heterocycles. The molecule has 10 heteroatoms. The van der Waals surface area contributed by atoms with E-state index in [9.17, 15) is 13.6 Å². The van der Waals surface area contributed by atoms with E-state index in [1.807, 2.05) is 6.07 Å². The number of nitrogens with zero attached hydrogens (tertiary/aromatic N) is 5. The molecule has 0 spiro atoms. The van der Waals surface area contributed by atoms with Crippen LogP contribution in [0.4, 0.5) is 8.78 Å². The van der Waals surface area contributed by atoms with Crippen LogP contribution in [0.15, 0.2) is 29.6 Å². The van der Waals surface area contributed by atoms with Gasteiger partial charge in [-0.3, -0.25) is 4.79 Å². The number of halogens is 2. The highest BCUT2D eigenvalue weighted by Crippen LogP contribution is 2.63. The Kier molecular flexibility index (Phi) is 5.29. The van der Waals surface area contributed by atoms with E-state index in [4.69, 9.17) is 15.1 Å². The van der Waals surface area contributed by atoms with E-state index in [0.717, 1.165) is 12.1 Å². The minimum atomic E-state index is -0.711. The number of aliphatic hydroxyl groups excluding tert-OH is 1. The summed E-state index contributed by atoms with van der Waals surface area (Å²) in [6.45, 7) is -0.218. The number of aromatic nitrogens is 2. The lowest BCUT2D eigenvalue weighted by Crippen LogP contribution is -2.45. The fourth-order valence-corrected chi connectivity index (χ4v) is 5.30. The summed E-state index contributed by atoms with van der Waals surface area (Å²) in [7, 11) is 0. The maximum atomic E-state index is 14.6. The van der Waals surface area contributed by atoms with Crippen molar-refractivity contribution < 1.29 is 23.4 Å². The van der Waals surface area contributed by atoms with Crippen LogP contribution in [0.25, 0.3) is 0 Å². The molecule has 6 rings (SSSR count). The lowest BCUT2D eigenvalue weighted by atomic mass is 9.68. The van der Waals surface area contributed by atoms with Crippen molar-refractivity contribution in [2.24, 2.45) is 22.4 Å². The van der Waals surface area contributed by atoms with Crippen LogP contribution in [0.5, 0.6) is 5.88 Å². The third-order valence-electron chi connectivity index (χ3n) is 7.00. The van der Waals surface area contributed by atoms with E-state index >= 15 is 0 Å². The average Bonchev–Trinajstić information content (AvgIpc) is 3.52. The molecular formula is C23H21F2N5O3. The third-order valence-corrected chi connectivity index (χ3v) is 7.00. The molecule has 2 heterocycles. The lowest BCUT2D eigenvalue weighted by molar-refractivity contribution is -0.148. The number of hydrogen-bond acceptors (Lipinski definition) is 7. The van der Waals surface area contributed by atoms with Crippen molar-refractivity contribution in [3.05, 3.63) is 53.0 Å². The van der Waals surface area contributed by atoms with Gasteiger partial charge in [0.05, 0.1) is 37.1 Å². The zero-order valence-electron chi connectivity index (χ0n) is 17.6. The molecule has 1 unspecified atom stereocenters. The zero-order valence-corrected chi connectivity index (χ0v) is 17.6. The number of ether oxygens (including phenoxy) is 1. The number of benzene rings is 1. The molecule has 2 bridgehead atoms. The van der Waals surface area contributed by atoms with Crippen LogP contribution in [-0.2, 0) is 11.4 Å². The maximum absolute atomic E-state index is 14.6. The van der Waals surface area contributed by atoms with Gasteiger partial charge in [-0.15, -0.1) is 0 Å². The number of fused-ring (bicyclic) bond motifs is 1. The Bertz CT molecular complexity index is 1160. The predicted molar refractivity (Wildman–Crippen MR) is 110 cm³/mol. The summed E-state index contributed by atoms with van der Waals surface area (Å²) in [5.74, 6) is -0.730. The number of aliphatic hydroxyl groups is 1. The molecule has 0 radical (unpaired) electrons. The monoisotopic (exact) mass is 453 g/mol. The zero-order chi connectivity index (χ0) is 23.2. The van der Waals surface area contributed by atoms with Crippen molar-refractivity contribution in [2.75, 3.05) is 6.61 Å². The first-order valence-electron chi connectivity index (χ1n) is 10.7. The Morgan fingerprint density at radius 2 is 2.06 bits per heavy atom. The molecule has 1 aromatic carbocycles. The molecule has 0 saturated heterocycles. The van der Waals surface area contributed by atoms with Crippen molar-refractivity contribution in [1.82, 2.24) is 15.0 Å². The first-order valence-corrected chi connectivity index (χ1v) is 10.7. The lowest BCUT2D eigenvalue weighted by Gasteiger charge is -2.40. The molecule has 33 heavy (non-hydrogen) atoms. The summed E-state index contributed by atoms with van der Waals surface area (Å²) in [5, 5.41) is 23.5. The number of carbonyl (C=O) groups excluding carboxylic acids is 1. The molecule has 1 N–H and O–H groups in total. The maximum Gasteiger partial charge on any atom is 0.249 e. The summed E-state index contributed by atoms with van der Waals surface area (Å²) < 4.78 is 34.6. The number of amides is 1. The first-order chi connectivity index (χ1) is 15.9. The van der Waals surface area contributed by atoms with E-state index < -0.39 is 29.7 Å². The number of hydrazone groups is 1. The minimum Gasteiger partial charge on any atom is -0.476 e. The topological polar surface area (TPSA) is 112 Å². The quantitative estimate of drug-likeness (QED) is 0.720. The van der Waals surface area contributed by atoms with Crippen LogP contribution in [0, 0.1) is 40.2 Å². The van der Waals surface area contributed by atoms with Crippen molar-refractivity contribution in [3.8, 4) is 11.9 Å². The van der Waals surface area contributed by atoms with Gasteiger partial charge in [0.25, 0.3) is 0 Å². The Labute approximate surface area is 188 Å². The van der Waals surface area contributed by atoms with Crippen molar-refractivity contribution >= 4 is 12.1 Å². The van der Waals surface area contributed by atoms with Gasteiger partial charge in [-0.25, -0.2) is 23.8 Å². The van der Waals surface area contributed by atoms with E-state index in [-0.39, 0.29) is 28.6 Å². The Morgan fingerprint density at radius 3 is 2.76 bits per heavy atom. The highest BCUT2D eigenvalue weighted by atomic mass is 19.1. The van der Waals surface area contributed by atoms with Crippen LogP contribution in [0.1, 0.15) is 48.5 Å². The second-order valence-corrected chi connectivity index (χ2v) is 8.90. The van der Waals surface area contributed by atoms with Crippen LogP contribution in [-0.4, -0.2) is 38.8 Å². The Balaban J connectivity index is 1.27. The standard InChI is InChI=1S/C23H21F2N5O3/c24-18-4-17(19(25)3-13(18)11-31)20-1-2-29-30(20)22(32)23-5-14(6-23)15(7-23)12-33-21-10-27-16(8-26)9-28-21/h2-4,9-10,14-15,20,31H,1,5-7,11-12H2/t14?,15-,20?,23?/m1/s1. The van der Waals surface area contributed by atoms with Gasteiger partial charge in [-0.1, -0.05) is 0 Å². The summed E-state index contributed by atoms with van der Waals surface area (Å²) in [6.07, 6.45) is 6.62. The van der Waals surface area contributed by atoms with Gasteiger partial charge in [0.15, 0.2) is 5.69 Å². The van der Waals surface area contributed by atoms with Crippen molar-refractivity contribution in [3.63, 3.8) is 0 Å². The van der Waals surface area contributed by atoms with Crippen LogP contribution < -0.4 is 4.74 Å². The molecule has 1 amide bonds. The number of rotatable bonds is 6. The molecular weight excluding hydrogens is 432 g/mol. The average molecular weight is 453 g/mol. The summed E-state index contributed by atoms with van der Waals surface area (Å²) in [5.41, 5.74) is -0.438.